The highest BCUT2D eigenvalue weighted by Crippen LogP contribution is 2.38. The second-order valence-electron chi connectivity index (χ2n) is 7.72. The first-order chi connectivity index (χ1) is 12.7. The van der Waals surface area contributed by atoms with Gasteiger partial charge in [-0.1, -0.05) is 12.1 Å². The van der Waals surface area contributed by atoms with Crippen LogP contribution in [0, 0.1) is 0 Å². The Morgan fingerprint density at radius 3 is 3.15 bits per heavy atom. The Morgan fingerprint density at radius 2 is 2.19 bits per heavy atom. The summed E-state index contributed by atoms with van der Waals surface area (Å²) in [5.74, 6) is 0.943. The third-order valence-corrected chi connectivity index (χ3v) is 5.72. The lowest BCUT2D eigenvalue weighted by Crippen LogP contribution is -2.44. The van der Waals surface area contributed by atoms with Crippen molar-refractivity contribution < 1.29 is 9.53 Å². The molecule has 26 heavy (non-hydrogen) atoms. The van der Waals surface area contributed by atoms with Crippen molar-refractivity contribution in [2.24, 2.45) is 0 Å². The minimum Gasteiger partial charge on any atom is -0.485 e. The van der Waals surface area contributed by atoms with E-state index in [1.165, 1.54) is 5.69 Å². The maximum atomic E-state index is 12.6. The molecule has 1 N–H and O–H groups in total. The molecule has 1 saturated heterocycles. The fraction of sp³-hybridized carbons (Fsp3) is 0.500. The summed E-state index contributed by atoms with van der Waals surface area (Å²) in [5, 5.41) is 8.23. The van der Waals surface area contributed by atoms with Gasteiger partial charge in [-0.15, -0.1) is 0 Å². The third-order valence-electron chi connectivity index (χ3n) is 5.72. The summed E-state index contributed by atoms with van der Waals surface area (Å²) in [4.78, 5) is 14.9. The van der Waals surface area contributed by atoms with Crippen LogP contribution < -0.4 is 10.1 Å². The Labute approximate surface area is 153 Å². The molecule has 0 unspecified atom stereocenters. The average molecular weight is 352 g/mol. The first-order valence-electron chi connectivity index (χ1n) is 9.51. The standard InChI is InChI=1S/C20H24N4O2/c25-18-11-20(26-19-5-2-1-4-17(18)19)6-9-23(14-20)13-15-10-16-12-21-7-3-8-24(16)22-15/h1-2,4-5,10,21H,3,6-9,11-14H2/t20-/m0/s1. The van der Waals surface area contributed by atoms with Gasteiger partial charge in [0.1, 0.15) is 11.4 Å². The van der Waals surface area contributed by atoms with Crippen LogP contribution in [0.5, 0.6) is 5.75 Å². The molecule has 6 heteroatoms. The van der Waals surface area contributed by atoms with Crippen LogP contribution >= 0.6 is 0 Å². The van der Waals surface area contributed by atoms with Crippen molar-refractivity contribution in [3.63, 3.8) is 0 Å². The van der Waals surface area contributed by atoms with Crippen LogP contribution in [0.25, 0.3) is 0 Å². The molecule has 1 atom stereocenters. The number of rotatable bonds is 2. The highest BCUT2D eigenvalue weighted by atomic mass is 16.5. The molecule has 2 aromatic rings. The Morgan fingerprint density at radius 1 is 1.27 bits per heavy atom. The number of hydrogen-bond acceptors (Lipinski definition) is 5. The lowest BCUT2D eigenvalue weighted by atomic mass is 9.89. The molecule has 3 aliphatic rings. The minimum absolute atomic E-state index is 0.202. The van der Waals surface area contributed by atoms with Gasteiger partial charge in [0.2, 0.25) is 0 Å². The van der Waals surface area contributed by atoms with Crippen molar-refractivity contribution in [1.29, 1.82) is 0 Å². The number of nitrogens with one attached hydrogen (secondary N) is 1. The summed E-state index contributed by atoms with van der Waals surface area (Å²) in [6.45, 7) is 5.48. The zero-order valence-corrected chi connectivity index (χ0v) is 14.9. The van der Waals surface area contributed by atoms with E-state index in [0.29, 0.717) is 6.42 Å². The first-order valence-corrected chi connectivity index (χ1v) is 9.51. The number of carbonyl (C=O) groups excluding carboxylic acids is 1. The van der Waals surface area contributed by atoms with Gasteiger partial charge in [0, 0.05) is 39.1 Å². The van der Waals surface area contributed by atoms with Crippen LogP contribution in [0.15, 0.2) is 30.3 Å². The molecule has 1 aromatic heterocycles. The average Bonchev–Trinajstić information content (AvgIpc) is 3.12. The van der Waals surface area contributed by atoms with E-state index in [9.17, 15) is 4.79 Å². The molecular formula is C20H24N4O2. The van der Waals surface area contributed by atoms with Crippen LogP contribution in [-0.2, 0) is 19.6 Å². The van der Waals surface area contributed by atoms with Crippen molar-refractivity contribution in [1.82, 2.24) is 20.0 Å². The fourth-order valence-electron chi connectivity index (χ4n) is 4.46. The second kappa shape index (κ2) is 6.21. The molecule has 1 fully saturated rings. The van der Waals surface area contributed by atoms with Crippen molar-refractivity contribution >= 4 is 5.78 Å². The number of Topliss-reactive ketones (excluding diaryl/α,β-unsaturated/α-hetero) is 1. The summed E-state index contributed by atoms with van der Waals surface area (Å²) in [6.07, 6.45) is 2.49. The molecule has 0 bridgehead atoms. The molecule has 136 valence electrons. The fourth-order valence-corrected chi connectivity index (χ4v) is 4.46. The number of benzene rings is 1. The molecule has 4 heterocycles. The van der Waals surface area contributed by atoms with Gasteiger partial charge in [-0.25, -0.2) is 0 Å². The van der Waals surface area contributed by atoms with Gasteiger partial charge in [0.25, 0.3) is 0 Å². The maximum Gasteiger partial charge on any atom is 0.170 e. The number of aromatic nitrogens is 2. The van der Waals surface area contributed by atoms with E-state index in [0.717, 1.165) is 69.1 Å². The lowest BCUT2D eigenvalue weighted by molar-refractivity contribution is 0.0454. The normalized spacial score (nSPS) is 25.6. The van der Waals surface area contributed by atoms with E-state index in [4.69, 9.17) is 9.84 Å². The van der Waals surface area contributed by atoms with Gasteiger partial charge in [0.15, 0.2) is 5.78 Å². The van der Waals surface area contributed by atoms with Gasteiger partial charge in [0.05, 0.1) is 23.4 Å². The Bertz CT molecular complexity index is 823. The molecule has 0 amide bonds. The van der Waals surface area contributed by atoms with Crippen LogP contribution in [-0.4, -0.2) is 45.7 Å². The quantitative estimate of drug-likeness (QED) is 0.896. The van der Waals surface area contributed by atoms with Crippen LogP contribution in [0.2, 0.25) is 0 Å². The van der Waals surface area contributed by atoms with Gasteiger partial charge in [-0.05, 0) is 31.2 Å². The zero-order valence-electron chi connectivity index (χ0n) is 14.9. The molecule has 0 saturated carbocycles. The lowest BCUT2D eigenvalue weighted by Gasteiger charge is -2.34. The number of ether oxygens (including phenoxy) is 1. The Kier molecular flexibility index (Phi) is 3.83. The number of fused-ring (bicyclic) bond motifs is 2. The Balaban J connectivity index is 1.30. The molecule has 0 aliphatic carbocycles. The monoisotopic (exact) mass is 352 g/mol. The van der Waals surface area contributed by atoms with Crippen molar-refractivity contribution in [2.75, 3.05) is 19.6 Å². The molecule has 3 aliphatic heterocycles. The predicted octanol–water partition coefficient (Wildman–Crippen LogP) is 1.99. The van der Waals surface area contributed by atoms with Crippen LogP contribution in [0.4, 0.5) is 0 Å². The molecule has 1 aromatic carbocycles. The van der Waals surface area contributed by atoms with E-state index in [-0.39, 0.29) is 11.4 Å². The Hall–Kier alpha value is -2.18. The topological polar surface area (TPSA) is 59.4 Å². The number of carbonyl (C=O) groups is 1. The van der Waals surface area contributed by atoms with E-state index < -0.39 is 0 Å². The second-order valence-corrected chi connectivity index (χ2v) is 7.72. The first kappa shape index (κ1) is 16.0. The molecular weight excluding hydrogens is 328 g/mol. The number of likely N-dealkylation sites (tertiary alicyclic amines) is 1. The van der Waals surface area contributed by atoms with Gasteiger partial charge in [-0.3, -0.25) is 14.4 Å². The smallest absolute Gasteiger partial charge is 0.170 e. The highest BCUT2D eigenvalue weighted by molar-refractivity contribution is 6.00. The van der Waals surface area contributed by atoms with E-state index in [2.05, 4.69) is 21.0 Å². The highest BCUT2D eigenvalue weighted by Gasteiger charge is 2.45. The van der Waals surface area contributed by atoms with Crippen molar-refractivity contribution in [3.8, 4) is 5.75 Å². The number of aryl methyl sites for hydroxylation is 1. The number of ketones is 1. The third kappa shape index (κ3) is 2.83. The number of hydrogen-bond donors (Lipinski definition) is 1. The molecule has 5 rings (SSSR count). The van der Waals surface area contributed by atoms with Gasteiger partial charge in [-0.2, -0.15) is 5.10 Å². The summed E-state index contributed by atoms with van der Waals surface area (Å²) < 4.78 is 8.46. The number of para-hydroxylation sites is 1. The van der Waals surface area contributed by atoms with Crippen molar-refractivity contribution in [2.45, 2.75) is 44.5 Å². The molecule has 0 radical (unpaired) electrons. The van der Waals surface area contributed by atoms with Crippen LogP contribution in [0.1, 0.15) is 41.0 Å². The van der Waals surface area contributed by atoms with Crippen molar-refractivity contribution in [3.05, 3.63) is 47.3 Å². The molecule has 1 spiro atoms. The summed E-state index contributed by atoms with van der Waals surface area (Å²) in [7, 11) is 0. The maximum absolute atomic E-state index is 12.6. The predicted molar refractivity (Wildman–Crippen MR) is 97.2 cm³/mol. The minimum atomic E-state index is -0.371. The van der Waals surface area contributed by atoms with E-state index >= 15 is 0 Å². The SMILES string of the molecule is O=C1C[C@]2(CCN(Cc3cc4n(n3)CCCNC4)C2)Oc2ccccc21. The summed E-state index contributed by atoms with van der Waals surface area (Å²) in [6, 6.07) is 9.83. The van der Waals surface area contributed by atoms with Gasteiger partial charge < -0.3 is 10.1 Å². The molecule has 6 nitrogen and oxygen atoms in total. The zero-order chi connectivity index (χ0) is 17.6. The summed E-state index contributed by atoms with van der Waals surface area (Å²) in [5.41, 5.74) is 2.73. The largest absolute Gasteiger partial charge is 0.485 e. The van der Waals surface area contributed by atoms with Crippen LogP contribution in [0.3, 0.4) is 0 Å². The van der Waals surface area contributed by atoms with E-state index in [1.54, 1.807) is 0 Å². The van der Waals surface area contributed by atoms with Gasteiger partial charge >= 0.3 is 0 Å². The number of nitrogens with zero attached hydrogens (tertiary/aromatic N) is 3. The summed E-state index contributed by atoms with van der Waals surface area (Å²) >= 11 is 0. The van der Waals surface area contributed by atoms with E-state index in [1.807, 2.05) is 24.3 Å².